The first kappa shape index (κ1) is 26.9. The standard InChI is InChI=1S/C25H25Cl2FN2O4S/c1-25(2,3)20(31)15-34-24-22(16-5-9-18(28)10-6-16)23(30(29-24)14-13-21(26)27)17-7-11-19(12-8-17)35(4,32)33/h5-13H,14-15H2,1-4H3. The number of ether oxygens (including phenoxy) is 1. The maximum atomic E-state index is 13.7. The predicted molar refractivity (Wildman–Crippen MR) is 136 cm³/mol. The summed E-state index contributed by atoms with van der Waals surface area (Å²) < 4.78 is 45.1. The highest BCUT2D eigenvalue weighted by molar-refractivity contribution is 7.90. The smallest absolute Gasteiger partial charge is 0.241 e. The molecular formula is C25H25Cl2FN2O4S. The number of ketones is 1. The second-order valence-electron chi connectivity index (χ2n) is 8.97. The molecule has 0 aliphatic heterocycles. The fourth-order valence-corrected chi connectivity index (χ4v) is 3.98. The number of hydrogen-bond acceptors (Lipinski definition) is 5. The van der Waals surface area contributed by atoms with Crippen LogP contribution in [0.5, 0.6) is 5.88 Å². The number of halogens is 3. The zero-order chi connectivity index (χ0) is 26.0. The molecule has 0 aliphatic rings. The summed E-state index contributed by atoms with van der Waals surface area (Å²) in [5, 5.41) is 4.55. The zero-order valence-electron chi connectivity index (χ0n) is 19.7. The van der Waals surface area contributed by atoms with Gasteiger partial charge < -0.3 is 4.74 Å². The van der Waals surface area contributed by atoms with E-state index in [0.29, 0.717) is 22.4 Å². The van der Waals surface area contributed by atoms with E-state index in [0.717, 1.165) is 6.26 Å². The molecule has 0 unspecified atom stereocenters. The van der Waals surface area contributed by atoms with Gasteiger partial charge in [0.05, 0.1) is 22.7 Å². The molecule has 35 heavy (non-hydrogen) atoms. The molecule has 0 radical (unpaired) electrons. The first-order chi connectivity index (χ1) is 16.3. The van der Waals surface area contributed by atoms with Crippen molar-refractivity contribution in [2.75, 3.05) is 12.9 Å². The molecule has 0 N–H and O–H groups in total. The van der Waals surface area contributed by atoms with Gasteiger partial charge >= 0.3 is 0 Å². The molecule has 6 nitrogen and oxygen atoms in total. The molecule has 0 saturated carbocycles. The van der Waals surface area contributed by atoms with Crippen molar-refractivity contribution in [3.05, 3.63) is 64.9 Å². The number of carbonyl (C=O) groups is 1. The van der Waals surface area contributed by atoms with Gasteiger partial charge in [0.1, 0.15) is 16.9 Å². The van der Waals surface area contributed by atoms with E-state index in [4.69, 9.17) is 27.9 Å². The maximum absolute atomic E-state index is 13.7. The van der Waals surface area contributed by atoms with Crippen molar-refractivity contribution in [1.29, 1.82) is 0 Å². The number of Topliss-reactive ketones (excluding diaryl/α,β-unsaturated/α-hetero) is 1. The minimum atomic E-state index is -3.40. The Kier molecular flexibility index (Phi) is 8.09. The second-order valence-corrected chi connectivity index (χ2v) is 12.0. The third kappa shape index (κ3) is 6.72. The minimum absolute atomic E-state index is 0.0348. The Morgan fingerprint density at radius 1 is 1.06 bits per heavy atom. The molecule has 3 rings (SSSR count). The number of benzene rings is 2. The summed E-state index contributed by atoms with van der Waals surface area (Å²) in [7, 11) is -3.40. The summed E-state index contributed by atoms with van der Waals surface area (Å²) in [6.07, 6.45) is 2.66. The number of rotatable bonds is 8. The zero-order valence-corrected chi connectivity index (χ0v) is 22.0. The van der Waals surface area contributed by atoms with Crippen molar-refractivity contribution in [2.45, 2.75) is 32.2 Å². The summed E-state index contributed by atoms with van der Waals surface area (Å²) in [6, 6.07) is 12.0. The van der Waals surface area contributed by atoms with Gasteiger partial charge in [-0.2, -0.15) is 0 Å². The highest BCUT2D eigenvalue weighted by Crippen LogP contribution is 2.40. The summed E-state index contributed by atoms with van der Waals surface area (Å²) in [6.45, 7) is 5.32. The normalized spacial score (nSPS) is 11.9. The lowest BCUT2D eigenvalue weighted by Gasteiger charge is -2.16. The van der Waals surface area contributed by atoms with E-state index >= 15 is 0 Å². The van der Waals surface area contributed by atoms with Crippen LogP contribution in [0.3, 0.4) is 0 Å². The third-order valence-corrected chi connectivity index (χ3v) is 6.64. The van der Waals surface area contributed by atoms with Gasteiger partial charge in [0, 0.05) is 17.2 Å². The fraction of sp³-hybridized carbons (Fsp3) is 0.280. The second kappa shape index (κ2) is 10.5. The Morgan fingerprint density at radius 3 is 2.14 bits per heavy atom. The van der Waals surface area contributed by atoms with Crippen molar-refractivity contribution in [3.8, 4) is 28.3 Å². The van der Waals surface area contributed by atoms with Gasteiger partial charge in [-0.1, -0.05) is 68.2 Å². The van der Waals surface area contributed by atoms with Gasteiger partial charge in [-0.15, -0.1) is 5.10 Å². The van der Waals surface area contributed by atoms with Gasteiger partial charge in [0.25, 0.3) is 0 Å². The summed E-state index contributed by atoms with van der Waals surface area (Å²) >= 11 is 11.7. The van der Waals surface area contributed by atoms with E-state index in [1.165, 1.54) is 30.3 Å². The molecule has 0 spiro atoms. The molecule has 0 saturated heterocycles. The number of sulfone groups is 1. The van der Waals surface area contributed by atoms with Crippen molar-refractivity contribution >= 4 is 38.8 Å². The fourth-order valence-electron chi connectivity index (χ4n) is 3.21. The Bertz CT molecular complexity index is 1350. The molecule has 2 aromatic carbocycles. The molecule has 0 fully saturated rings. The first-order valence-corrected chi connectivity index (χ1v) is 13.3. The van der Waals surface area contributed by atoms with Crippen LogP contribution in [0, 0.1) is 11.2 Å². The van der Waals surface area contributed by atoms with Gasteiger partial charge in [0.15, 0.2) is 15.6 Å². The third-order valence-electron chi connectivity index (χ3n) is 5.20. The number of aromatic nitrogens is 2. The van der Waals surface area contributed by atoms with Crippen molar-refractivity contribution in [3.63, 3.8) is 0 Å². The number of carbonyl (C=O) groups excluding carboxylic acids is 1. The summed E-state index contributed by atoms with van der Waals surface area (Å²) in [5.74, 6) is -0.377. The Labute approximate surface area is 214 Å². The largest absolute Gasteiger partial charge is 0.468 e. The molecule has 1 aromatic heterocycles. The lowest BCUT2D eigenvalue weighted by molar-refractivity contribution is -0.128. The topological polar surface area (TPSA) is 78.3 Å². The Balaban J connectivity index is 2.22. The van der Waals surface area contributed by atoms with E-state index in [1.807, 2.05) is 0 Å². The highest BCUT2D eigenvalue weighted by atomic mass is 35.5. The molecule has 186 valence electrons. The van der Waals surface area contributed by atoms with Crippen LogP contribution >= 0.6 is 23.2 Å². The molecular weight excluding hydrogens is 514 g/mol. The average Bonchev–Trinajstić information content (AvgIpc) is 3.13. The SMILES string of the molecule is CC(C)(C)C(=O)COc1nn(CC=C(Cl)Cl)c(-c2ccc(S(C)(=O)=O)cc2)c1-c1ccc(F)cc1. The monoisotopic (exact) mass is 538 g/mol. The van der Waals surface area contributed by atoms with Gasteiger partial charge in [-0.05, 0) is 35.9 Å². The number of hydrogen-bond donors (Lipinski definition) is 0. The molecule has 0 aliphatic carbocycles. The van der Waals surface area contributed by atoms with Gasteiger partial charge in [-0.3, -0.25) is 9.48 Å². The van der Waals surface area contributed by atoms with E-state index in [2.05, 4.69) is 5.10 Å². The van der Waals surface area contributed by atoms with E-state index in [1.54, 1.807) is 49.7 Å². The van der Waals surface area contributed by atoms with Crippen LogP contribution in [0.15, 0.2) is 64.0 Å². The quantitative estimate of drug-likeness (QED) is 0.347. The molecule has 0 amide bonds. The molecule has 3 aromatic rings. The first-order valence-electron chi connectivity index (χ1n) is 10.6. The molecule has 10 heteroatoms. The van der Waals surface area contributed by atoms with E-state index < -0.39 is 21.1 Å². The van der Waals surface area contributed by atoms with Crippen molar-refractivity contribution in [1.82, 2.24) is 9.78 Å². The molecule has 1 heterocycles. The Morgan fingerprint density at radius 2 is 1.63 bits per heavy atom. The van der Waals surface area contributed by atoms with Gasteiger partial charge in [0.2, 0.25) is 5.88 Å². The molecule has 0 bridgehead atoms. The Hall–Kier alpha value is -2.68. The van der Waals surface area contributed by atoms with Crippen LogP contribution < -0.4 is 4.74 Å². The van der Waals surface area contributed by atoms with Crippen LogP contribution in [-0.2, 0) is 21.2 Å². The lowest BCUT2D eigenvalue weighted by Crippen LogP contribution is -2.26. The predicted octanol–water partition coefficient (Wildman–Crippen LogP) is 6.07. The lowest BCUT2D eigenvalue weighted by atomic mass is 9.91. The van der Waals surface area contributed by atoms with Crippen LogP contribution in [0.4, 0.5) is 4.39 Å². The van der Waals surface area contributed by atoms with Crippen molar-refractivity contribution < 1.29 is 22.3 Å². The van der Waals surface area contributed by atoms with Crippen molar-refractivity contribution in [2.24, 2.45) is 5.41 Å². The van der Waals surface area contributed by atoms with Crippen LogP contribution in [0.25, 0.3) is 22.4 Å². The highest BCUT2D eigenvalue weighted by Gasteiger charge is 2.26. The number of nitrogens with zero attached hydrogens (tertiary/aromatic N) is 2. The van der Waals surface area contributed by atoms with Crippen LogP contribution in [0.2, 0.25) is 0 Å². The number of allylic oxidation sites excluding steroid dienone is 1. The maximum Gasteiger partial charge on any atom is 0.241 e. The molecule has 0 atom stereocenters. The minimum Gasteiger partial charge on any atom is -0.468 e. The summed E-state index contributed by atoms with van der Waals surface area (Å²) in [4.78, 5) is 12.7. The van der Waals surface area contributed by atoms with E-state index in [9.17, 15) is 17.6 Å². The van der Waals surface area contributed by atoms with E-state index in [-0.39, 0.29) is 34.2 Å². The van der Waals surface area contributed by atoms with Gasteiger partial charge in [-0.25, -0.2) is 12.8 Å². The van der Waals surface area contributed by atoms with Crippen LogP contribution in [0.1, 0.15) is 20.8 Å². The van der Waals surface area contributed by atoms with Crippen LogP contribution in [-0.4, -0.2) is 36.8 Å². The summed E-state index contributed by atoms with van der Waals surface area (Å²) in [5.41, 5.74) is 1.68. The average molecular weight is 539 g/mol.